The van der Waals surface area contributed by atoms with Gasteiger partial charge in [-0.25, -0.2) is 4.79 Å². The molecule has 1 aromatic rings. The molecule has 25 heavy (non-hydrogen) atoms. The Morgan fingerprint density at radius 1 is 1.36 bits per heavy atom. The number of hydrogen-bond acceptors (Lipinski definition) is 4. The van der Waals surface area contributed by atoms with Crippen LogP contribution in [0.2, 0.25) is 10.0 Å². The van der Waals surface area contributed by atoms with Crippen molar-refractivity contribution in [3.05, 3.63) is 25.2 Å². The molecule has 2 aliphatic rings. The molecule has 1 aromatic carbocycles. The van der Waals surface area contributed by atoms with Crippen molar-refractivity contribution in [2.45, 2.75) is 39.0 Å². The molecule has 2 heterocycles. The molecule has 0 bridgehead atoms. The van der Waals surface area contributed by atoms with Gasteiger partial charge in [0.15, 0.2) is 0 Å². The highest BCUT2D eigenvalue weighted by atomic mass is 127. The van der Waals surface area contributed by atoms with E-state index in [-0.39, 0.29) is 12.1 Å². The Balaban J connectivity index is 1.75. The van der Waals surface area contributed by atoms with E-state index in [9.17, 15) is 4.79 Å². The summed E-state index contributed by atoms with van der Waals surface area (Å²) in [5, 5.41) is 1.20. The highest BCUT2D eigenvalue weighted by Gasteiger charge is 2.35. The molecule has 0 spiro atoms. The summed E-state index contributed by atoms with van der Waals surface area (Å²) in [6.45, 7) is 8.77. The Hall–Kier alpha value is -0.440. The average Bonchev–Trinajstić information content (AvgIpc) is 2.69. The van der Waals surface area contributed by atoms with E-state index in [1.807, 2.05) is 26.8 Å². The van der Waals surface area contributed by atoms with Crippen LogP contribution >= 0.6 is 45.8 Å². The second-order valence-corrected chi connectivity index (χ2v) is 9.20. The van der Waals surface area contributed by atoms with Crippen molar-refractivity contribution in [3.8, 4) is 5.75 Å². The lowest BCUT2D eigenvalue weighted by Gasteiger charge is -2.40. The highest BCUT2D eigenvalue weighted by Crippen LogP contribution is 2.40. The molecule has 1 atom stereocenters. The van der Waals surface area contributed by atoms with Gasteiger partial charge in [0, 0.05) is 31.7 Å². The lowest BCUT2D eigenvalue weighted by molar-refractivity contribution is -0.00154. The molecule has 0 saturated carbocycles. The van der Waals surface area contributed by atoms with Gasteiger partial charge in [0.2, 0.25) is 0 Å². The number of carbonyl (C=O) groups excluding carboxylic acids is 1. The summed E-state index contributed by atoms with van der Waals surface area (Å²) in [5.74, 6) is 0.702. The third-order valence-corrected chi connectivity index (χ3v) is 6.66. The quantitative estimate of drug-likeness (QED) is 0.392. The lowest BCUT2D eigenvalue weighted by Crippen LogP contribution is -2.56. The third-order valence-electron chi connectivity index (χ3n) is 4.24. The summed E-state index contributed by atoms with van der Waals surface area (Å²) in [7, 11) is 0. The van der Waals surface area contributed by atoms with Crippen molar-refractivity contribution in [1.82, 2.24) is 9.80 Å². The van der Waals surface area contributed by atoms with Gasteiger partial charge in [-0.05, 0) is 49.4 Å². The Labute approximate surface area is 171 Å². The molecule has 0 radical (unpaired) electrons. The second-order valence-electron chi connectivity index (χ2n) is 7.34. The number of benzene rings is 1. The number of rotatable bonds is 0. The van der Waals surface area contributed by atoms with Crippen LogP contribution in [0.3, 0.4) is 0 Å². The summed E-state index contributed by atoms with van der Waals surface area (Å²) in [6.07, 6.45) is -0.274. The smallest absolute Gasteiger partial charge is 0.410 e. The van der Waals surface area contributed by atoms with Gasteiger partial charge in [-0.1, -0.05) is 23.2 Å². The summed E-state index contributed by atoms with van der Waals surface area (Å²) in [6, 6.07) is 2.02. The standard InChI is InChI=1S/C17H21Cl2IN2O3/c1-17(2,3)25-16(23)22-5-4-21-7-10-6-12(18)14(20)13(19)15(10)24-9-11(21)8-22/h6,11H,4-5,7-9H2,1-3H3/t11-/m0/s1. The van der Waals surface area contributed by atoms with Gasteiger partial charge in [-0.2, -0.15) is 0 Å². The number of halogens is 3. The minimum absolute atomic E-state index is 0.0983. The normalized spacial score (nSPS) is 21.0. The van der Waals surface area contributed by atoms with Crippen LogP contribution in [0.5, 0.6) is 5.75 Å². The zero-order chi connectivity index (χ0) is 18.4. The maximum Gasteiger partial charge on any atom is 0.410 e. The average molecular weight is 499 g/mol. The number of fused-ring (bicyclic) bond motifs is 2. The Kier molecular flexibility index (Phi) is 5.63. The van der Waals surface area contributed by atoms with Crippen LogP contribution in [-0.2, 0) is 11.3 Å². The first-order chi connectivity index (χ1) is 11.7. The molecule has 5 nitrogen and oxygen atoms in total. The predicted octanol–water partition coefficient (Wildman–Crippen LogP) is 4.41. The molecule has 2 aliphatic heterocycles. The van der Waals surface area contributed by atoms with Gasteiger partial charge in [0.25, 0.3) is 0 Å². The number of piperazine rings is 1. The van der Waals surface area contributed by atoms with Gasteiger partial charge >= 0.3 is 6.09 Å². The van der Waals surface area contributed by atoms with Gasteiger partial charge in [0.05, 0.1) is 19.7 Å². The first kappa shape index (κ1) is 19.3. The molecule has 1 fully saturated rings. The van der Waals surface area contributed by atoms with Crippen molar-refractivity contribution in [1.29, 1.82) is 0 Å². The Morgan fingerprint density at radius 3 is 2.76 bits per heavy atom. The van der Waals surface area contributed by atoms with Crippen LogP contribution in [0.4, 0.5) is 4.79 Å². The zero-order valence-electron chi connectivity index (χ0n) is 14.4. The lowest BCUT2D eigenvalue weighted by atomic mass is 10.1. The fourth-order valence-corrected chi connectivity index (χ4v) is 4.00. The third kappa shape index (κ3) is 4.28. The maximum atomic E-state index is 12.3. The van der Waals surface area contributed by atoms with Crippen molar-refractivity contribution >= 4 is 51.9 Å². The first-order valence-corrected chi connectivity index (χ1v) is 10.0. The number of carbonyl (C=O) groups is 1. The summed E-state index contributed by atoms with van der Waals surface area (Å²) >= 11 is 14.8. The molecule has 1 amide bonds. The highest BCUT2D eigenvalue weighted by molar-refractivity contribution is 14.1. The van der Waals surface area contributed by atoms with E-state index in [1.165, 1.54) is 0 Å². The van der Waals surface area contributed by atoms with Crippen LogP contribution in [0.1, 0.15) is 26.3 Å². The van der Waals surface area contributed by atoms with Crippen LogP contribution in [0, 0.1) is 3.57 Å². The fourth-order valence-electron chi connectivity index (χ4n) is 3.05. The monoisotopic (exact) mass is 498 g/mol. The van der Waals surface area contributed by atoms with Crippen molar-refractivity contribution in [2.75, 3.05) is 26.2 Å². The van der Waals surface area contributed by atoms with Gasteiger partial charge in [-0.15, -0.1) is 0 Å². The fraction of sp³-hybridized carbons (Fsp3) is 0.588. The molecule has 3 rings (SSSR count). The van der Waals surface area contributed by atoms with E-state index in [4.69, 9.17) is 32.7 Å². The molecule has 138 valence electrons. The molecule has 0 aliphatic carbocycles. The van der Waals surface area contributed by atoms with E-state index in [0.29, 0.717) is 42.0 Å². The van der Waals surface area contributed by atoms with Crippen LogP contribution < -0.4 is 4.74 Å². The number of nitrogens with zero attached hydrogens (tertiary/aromatic N) is 2. The van der Waals surface area contributed by atoms with E-state index in [1.54, 1.807) is 4.90 Å². The van der Waals surface area contributed by atoms with Gasteiger partial charge < -0.3 is 14.4 Å². The van der Waals surface area contributed by atoms with E-state index < -0.39 is 5.60 Å². The van der Waals surface area contributed by atoms with E-state index in [0.717, 1.165) is 15.7 Å². The van der Waals surface area contributed by atoms with Crippen LogP contribution in [0.15, 0.2) is 6.07 Å². The number of hydrogen-bond donors (Lipinski definition) is 0. The Bertz CT molecular complexity index is 693. The summed E-state index contributed by atoms with van der Waals surface area (Å²) < 4.78 is 12.3. The van der Waals surface area contributed by atoms with Crippen LogP contribution in [0.25, 0.3) is 0 Å². The molecule has 0 unspecified atom stereocenters. The SMILES string of the molecule is CC(C)(C)OC(=O)N1CCN2Cc3cc(Cl)c(I)c(Cl)c3OC[C@@H]2C1. The molecule has 0 N–H and O–H groups in total. The molecular formula is C17H21Cl2IN2O3. The summed E-state index contributed by atoms with van der Waals surface area (Å²) in [5.41, 5.74) is 0.495. The number of amides is 1. The first-order valence-electron chi connectivity index (χ1n) is 8.17. The molecular weight excluding hydrogens is 478 g/mol. The minimum Gasteiger partial charge on any atom is -0.490 e. The van der Waals surface area contributed by atoms with E-state index in [2.05, 4.69) is 27.5 Å². The summed E-state index contributed by atoms with van der Waals surface area (Å²) in [4.78, 5) is 16.4. The van der Waals surface area contributed by atoms with Crippen molar-refractivity contribution in [3.63, 3.8) is 0 Å². The van der Waals surface area contributed by atoms with Crippen molar-refractivity contribution in [2.24, 2.45) is 0 Å². The maximum absolute atomic E-state index is 12.3. The molecule has 1 saturated heterocycles. The van der Waals surface area contributed by atoms with Gasteiger partial charge in [-0.3, -0.25) is 4.90 Å². The minimum atomic E-state index is -0.495. The van der Waals surface area contributed by atoms with Crippen LogP contribution in [-0.4, -0.2) is 53.8 Å². The Morgan fingerprint density at radius 2 is 2.08 bits per heavy atom. The second kappa shape index (κ2) is 7.29. The van der Waals surface area contributed by atoms with Crippen molar-refractivity contribution < 1.29 is 14.3 Å². The van der Waals surface area contributed by atoms with E-state index >= 15 is 0 Å². The predicted molar refractivity (Wildman–Crippen MR) is 107 cm³/mol. The number of ether oxygens (including phenoxy) is 2. The topological polar surface area (TPSA) is 42.0 Å². The largest absolute Gasteiger partial charge is 0.490 e. The van der Waals surface area contributed by atoms with Gasteiger partial charge in [0.1, 0.15) is 18.0 Å². The molecule has 0 aromatic heterocycles. The zero-order valence-corrected chi connectivity index (χ0v) is 18.1. The molecule has 8 heteroatoms.